The van der Waals surface area contributed by atoms with E-state index in [9.17, 15) is 4.79 Å². The Hall–Kier alpha value is -2.40. The van der Waals surface area contributed by atoms with Crippen molar-refractivity contribution in [3.8, 4) is 0 Å². The van der Waals surface area contributed by atoms with E-state index in [2.05, 4.69) is 41.1 Å². The number of pyridine rings is 1. The van der Waals surface area contributed by atoms with Crippen LogP contribution in [0.5, 0.6) is 0 Å². The normalized spacial score (nSPS) is 16.2. The molecule has 1 aromatic heterocycles. The van der Waals surface area contributed by atoms with Gasteiger partial charge in [0.15, 0.2) is 0 Å². The van der Waals surface area contributed by atoms with Gasteiger partial charge in [-0.15, -0.1) is 0 Å². The van der Waals surface area contributed by atoms with E-state index in [1.807, 2.05) is 48.4 Å². The van der Waals surface area contributed by atoms with Crippen LogP contribution in [-0.4, -0.2) is 61.0 Å². The summed E-state index contributed by atoms with van der Waals surface area (Å²) in [4.78, 5) is 23.5. The molecule has 5 nitrogen and oxygen atoms in total. The third kappa shape index (κ3) is 3.99. The Kier molecular flexibility index (Phi) is 5.34. The second-order valence-electron chi connectivity index (χ2n) is 6.79. The lowest BCUT2D eigenvalue weighted by atomic mass is 10.0. The van der Waals surface area contributed by atoms with Crippen molar-refractivity contribution < 1.29 is 4.79 Å². The number of nitrogens with zero attached hydrogens (tertiary/aromatic N) is 4. The predicted octanol–water partition coefficient (Wildman–Crippen LogP) is 2.34. The van der Waals surface area contributed by atoms with Crippen molar-refractivity contribution >= 4 is 11.6 Å². The number of aryl methyl sites for hydroxylation is 1. The number of hydrogen-bond donors (Lipinski definition) is 0. The fraction of sp³-hybridized carbons (Fsp3) is 0.400. The van der Waals surface area contributed by atoms with Crippen molar-refractivity contribution in [1.29, 1.82) is 0 Å². The van der Waals surface area contributed by atoms with Gasteiger partial charge in [0.2, 0.25) is 5.91 Å². The van der Waals surface area contributed by atoms with E-state index in [1.54, 1.807) is 0 Å². The van der Waals surface area contributed by atoms with Crippen molar-refractivity contribution in [2.75, 3.05) is 45.2 Å². The van der Waals surface area contributed by atoms with Crippen molar-refractivity contribution in [3.05, 3.63) is 59.9 Å². The van der Waals surface area contributed by atoms with Gasteiger partial charge in [-0.1, -0.05) is 29.8 Å². The summed E-state index contributed by atoms with van der Waals surface area (Å²) in [5, 5.41) is 0. The first-order chi connectivity index (χ1) is 12.1. The van der Waals surface area contributed by atoms with Crippen molar-refractivity contribution in [2.45, 2.75) is 13.0 Å². The summed E-state index contributed by atoms with van der Waals surface area (Å²) < 4.78 is 0. The Morgan fingerprint density at radius 1 is 1.00 bits per heavy atom. The highest BCUT2D eigenvalue weighted by atomic mass is 16.2. The molecule has 1 saturated heterocycles. The largest absolute Gasteiger partial charge is 0.368 e. The molecule has 0 aliphatic carbocycles. The average molecular weight is 338 g/mol. The molecule has 2 heterocycles. The number of carbonyl (C=O) groups excluding carboxylic acids is 1. The maximum atomic E-state index is 13.1. The number of piperazine rings is 1. The van der Waals surface area contributed by atoms with E-state index in [0.717, 1.165) is 31.7 Å². The van der Waals surface area contributed by atoms with Crippen LogP contribution in [0.2, 0.25) is 0 Å². The van der Waals surface area contributed by atoms with Crippen LogP contribution in [0.3, 0.4) is 0 Å². The summed E-state index contributed by atoms with van der Waals surface area (Å²) in [5.41, 5.74) is 3.43. The summed E-state index contributed by atoms with van der Waals surface area (Å²) in [7, 11) is 3.94. The molecule has 1 fully saturated rings. The van der Waals surface area contributed by atoms with E-state index in [1.165, 1.54) is 11.3 Å². The van der Waals surface area contributed by atoms with Gasteiger partial charge in [0.1, 0.15) is 6.04 Å². The van der Waals surface area contributed by atoms with Gasteiger partial charge in [0.05, 0.1) is 0 Å². The lowest BCUT2D eigenvalue weighted by Crippen LogP contribution is -2.51. The molecule has 2 aromatic rings. The maximum Gasteiger partial charge on any atom is 0.244 e. The van der Waals surface area contributed by atoms with Crippen molar-refractivity contribution in [2.24, 2.45) is 0 Å². The Bertz CT molecular complexity index is 691. The molecule has 132 valence electrons. The van der Waals surface area contributed by atoms with Crippen LogP contribution in [0.15, 0.2) is 48.8 Å². The molecule has 1 atom stereocenters. The fourth-order valence-corrected chi connectivity index (χ4v) is 3.32. The van der Waals surface area contributed by atoms with E-state index in [-0.39, 0.29) is 11.9 Å². The van der Waals surface area contributed by atoms with Gasteiger partial charge in [-0.25, -0.2) is 0 Å². The summed E-state index contributed by atoms with van der Waals surface area (Å²) in [6.07, 6.45) is 3.62. The molecule has 5 heteroatoms. The quantitative estimate of drug-likeness (QED) is 0.858. The number of amides is 1. The van der Waals surface area contributed by atoms with Crippen LogP contribution in [0.25, 0.3) is 0 Å². The van der Waals surface area contributed by atoms with Gasteiger partial charge < -0.3 is 9.80 Å². The smallest absolute Gasteiger partial charge is 0.244 e. The Morgan fingerprint density at radius 2 is 1.60 bits per heavy atom. The first-order valence-corrected chi connectivity index (χ1v) is 8.73. The Labute approximate surface area is 149 Å². The van der Waals surface area contributed by atoms with Crippen LogP contribution >= 0.6 is 0 Å². The number of hydrogen-bond acceptors (Lipinski definition) is 4. The van der Waals surface area contributed by atoms with E-state index >= 15 is 0 Å². The number of anilines is 1. The second kappa shape index (κ2) is 7.66. The molecule has 1 aromatic carbocycles. The minimum absolute atomic E-state index is 0.184. The first kappa shape index (κ1) is 17.4. The van der Waals surface area contributed by atoms with E-state index in [4.69, 9.17) is 0 Å². The third-order valence-electron chi connectivity index (χ3n) is 4.76. The molecule has 1 aliphatic rings. The molecule has 0 bridgehead atoms. The zero-order chi connectivity index (χ0) is 17.8. The van der Waals surface area contributed by atoms with Gasteiger partial charge in [0, 0.05) is 44.3 Å². The van der Waals surface area contributed by atoms with Crippen LogP contribution in [0.4, 0.5) is 5.69 Å². The fourth-order valence-electron chi connectivity index (χ4n) is 3.32. The summed E-state index contributed by atoms with van der Waals surface area (Å²) in [5.74, 6) is 0.184. The molecular weight excluding hydrogens is 312 g/mol. The average Bonchev–Trinajstić information content (AvgIpc) is 2.64. The number of rotatable bonds is 4. The molecule has 0 N–H and O–H groups in total. The zero-order valence-corrected chi connectivity index (χ0v) is 15.2. The zero-order valence-electron chi connectivity index (χ0n) is 15.2. The SMILES string of the molecule is Cc1ccc([C@@H](C(=O)N2CCN(c3ccncc3)CC2)N(C)C)cc1. The molecule has 0 spiro atoms. The van der Waals surface area contributed by atoms with E-state index in [0.29, 0.717) is 0 Å². The molecule has 1 amide bonds. The van der Waals surface area contributed by atoms with Gasteiger partial charge in [0.25, 0.3) is 0 Å². The molecule has 25 heavy (non-hydrogen) atoms. The molecule has 1 aliphatic heterocycles. The van der Waals surface area contributed by atoms with Crippen LogP contribution in [-0.2, 0) is 4.79 Å². The highest BCUT2D eigenvalue weighted by Gasteiger charge is 2.30. The van der Waals surface area contributed by atoms with Crippen LogP contribution < -0.4 is 4.90 Å². The second-order valence-corrected chi connectivity index (χ2v) is 6.79. The summed E-state index contributed by atoms with van der Waals surface area (Å²) >= 11 is 0. The van der Waals surface area contributed by atoms with Gasteiger partial charge in [-0.3, -0.25) is 14.7 Å². The predicted molar refractivity (Wildman–Crippen MR) is 101 cm³/mol. The Balaban J connectivity index is 1.68. The highest BCUT2D eigenvalue weighted by molar-refractivity contribution is 5.83. The standard InChI is InChI=1S/C20H26N4O/c1-16-4-6-17(7-5-16)19(22(2)3)20(25)24-14-12-23(13-15-24)18-8-10-21-11-9-18/h4-11,19H,12-15H2,1-3H3/t19-/m0/s1. The first-order valence-electron chi connectivity index (χ1n) is 8.73. The minimum atomic E-state index is -0.229. The topological polar surface area (TPSA) is 39.7 Å². The maximum absolute atomic E-state index is 13.1. The summed E-state index contributed by atoms with van der Waals surface area (Å²) in [6, 6.07) is 12.1. The highest BCUT2D eigenvalue weighted by Crippen LogP contribution is 2.23. The van der Waals surface area contributed by atoms with Crippen molar-refractivity contribution in [3.63, 3.8) is 0 Å². The number of carbonyl (C=O) groups is 1. The number of aromatic nitrogens is 1. The number of benzene rings is 1. The minimum Gasteiger partial charge on any atom is -0.368 e. The molecular formula is C20H26N4O. The Morgan fingerprint density at radius 3 is 2.16 bits per heavy atom. The lowest BCUT2D eigenvalue weighted by molar-refractivity contribution is -0.136. The molecule has 0 saturated carbocycles. The van der Waals surface area contributed by atoms with Gasteiger partial charge in [-0.2, -0.15) is 0 Å². The monoisotopic (exact) mass is 338 g/mol. The van der Waals surface area contributed by atoms with Crippen molar-refractivity contribution in [1.82, 2.24) is 14.8 Å². The van der Waals surface area contributed by atoms with Gasteiger partial charge >= 0.3 is 0 Å². The van der Waals surface area contributed by atoms with Crippen LogP contribution in [0.1, 0.15) is 17.2 Å². The van der Waals surface area contributed by atoms with Gasteiger partial charge in [-0.05, 0) is 38.7 Å². The molecule has 0 radical (unpaired) electrons. The molecule has 3 rings (SSSR count). The molecule has 0 unspecified atom stereocenters. The van der Waals surface area contributed by atoms with E-state index < -0.39 is 0 Å². The van der Waals surface area contributed by atoms with Crippen LogP contribution in [0, 0.1) is 6.92 Å². The summed E-state index contributed by atoms with van der Waals surface area (Å²) in [6.45, 7) is 5.26. The number of likely N-dealkylation sites (N-methyl/N-ethyl adjacent to an activating group) is 1. The third-order valence-corrected chi connectivity index (χ3v) is 4.76. The lowest BCUT2D eigenvalue weighted by Gasteiger charge is -2.38.